The number of aldehydes is 1. The smallest absolute Gasteiger partial charge is 0.214 e. The highest BCUT2D eigenvalue weighted by molar-refractivity contribution is 5.68. The molecule has 0 aliphatic carbocycles. The molecule has 1 aromatic heterocycles. The number of carbonyl (C=O) groups excluding carboxylic acids is 1. The molecule has 0 saturated heterocycles. The monoisotopic (exact) mass is 189 g/mol. The number of phenolic OH excluding ortho intramolecular Hbond substituents is 1. The first-order valence-corrected chi connectivity index (χ1v) is 3.96. The SMILES string of the molecule is O=Cc1ncn(-c2cccc(O)c2)n1. The molecular formula is C9H7N3O2. The maximum Gasteiger partial charge on any atom is 0.214 e. The van der Waals surface area contributed by atoms with Gasteiger partial charge >= 0.3 is 0 Å². The van der Waals surface area contributed by atoms with Crippen LogP contribution in [0.1, 0.15) is 10.6 Å². The van der Waals surface area contributed by atoms with Gasteiger partial charge in [0.15, 0.2) is 6.29 Å². The summed E-state index contributed by atoms with van der Waals surface area (Å²) in [6, 6.07) is 6.53. The molecule has 70 valence electrons. The lowest BCUT2D eigenvalue weighted by atomic mass is 10.3. The number of hydrogen-bond acceptors (Lipinski definition) is 4. The molecule has 0 bridgehead atoms. The number of hydrogen-bond donors (Lipinski definition) is 1. The summed E-state index contributed by atoms with van der Waals surface area (Å²) in [7, 11) is 0. The van der Waals surface area contributed by atoms with Gasteiger partial charge in [-0.05, 0) is 12.1 Å². The Labute approximate surface area is 79.6 Å². The normalized spacial score (nSPS) is 10.0. The zero-order chi connectivity index (χ0) is 9.97. The predicted octanol–water partition coefficient (Wildman–Crippen LogP) is 0.785. The largest absolute Gasteiger partial charge is 0.508 e. The predicted molar refractivity (Wildman–Crippen MR) is 48.4 cm³/mol. The molecule has 5 heteroatoms. The van der Waals surface area contributed by atoms with Gasteiger partial charge in [-0.2, -0.15) is 0 Å². The highest BCUT2D eigenvalue weighted by atomic mass is 16.3. The quantitative estimate of drug-likeness (QED) is 0.709. The van der Waals surface area contributed by atoms with E-state index in [4.69, 9.17) is 0 Å². The van der Waals surface area contributed by atoms with E-state index in [-0.39, 0.29) is 11.6 Å². The van der Waals surface area contributed by atoms with E-state index < -0.39 is 0 Å². The van der Waals surface area contributed by atoms with Gasteiger partial charge < -0.3 is 5.11 Å². The van der Waals surface area contributed by atoms with Crippen LogP contribution in [0.2, 0.25) is 0 Å². The van der Waals surface area contributed by atoms with Crippen molar-refractivity contribution >= 4 is 6.29 Å². The fourth-order valence-electron chi connectivity index (χ4n) is 1.09. The maximum atomic E-state index is 10.3. The Morgan fingerprint density at radius 3 is 2.93 bits per heavy atom. The Morgan fingerprint density at radius 1 is 1.43 bits per heavy atom. The Morgan fingerprint density at radius 2 is 2.29 bits per heavy atom. The number of carbonyl (C=O) groups is 1. The molecule has 1 aromatic carbocycles. The molecule has 14 heavy (non-hydrogen) atoms. The van der Waals surface area contributed by atoms with Crippen LogP contribution in [0.4, 0.5) is 0 Å². The van der Waals surface area contributed by atoms with Crippen LogP contribution in [0.5, 0.6) is 5.75 Å². The summed E-state index contributed by atoms with van der Waals surface area (Å²) in [5.74, 6) is 0.263. The van der Waals surface area contributed by atoms with Crippen LogP contribution in [0.25, 0.3) is 5.69 Å². The van der Waals surface area contributed by atoms with Crippen molar-refractivity contribution in [2.75, 3.05) is 0 Å². The first-order valence-electron chi connectivity index (χ1n) is 3.96. The van der Waals surface area contributed by atoms with Crippen molar-refractivity contribution in [2.24, 2.45) is 0 Å². The average molecular weight is 189 g/mol. The van der Waals surface area contributed by atoms with Crippen molar-refractivity contribution in [2.45, 2.75) is 0 Å². The van der Waals surface area contributed by atoms with Gasteiger partial charge in [0, 0.05) is 6.07 Å². The first kappa shape index (κ1) is 8.43. The molecular weight excluding hydrogens is 182 g/mol. The second-order valence-electron chi connectivity index (χ2n) is 2.69. The highest BCUT2D eigenvalue weighted by Gasteiger charge is 2.01. The van der Waals surface area contributed by atoms with Gasteiger partial charge in [-0.1, -0.05) is 6.07 Å². The van der Waals surface area contributed by atoms with E-state index in [1.165, 1.54) is 17.1 Å². The lowest BCUT2D eigenvalue weighted by molar-refractivity contribution is 0.111. The van der Waals surface area contributed by atoms with Gasteiger partial charge in [-0.3, -0.25) is 4.79 Å². The Balaban J connectivity index is 2.43. The van der Waals surface area contributed by atoms with E-state index >= 15 is 0 Å². The molecule has 1 heterocycles. The van der Waals surface area contributed by atoms with Gasteiger partial charge in [0.2, 0.25) is 5.82 Å². The third-order valence-corrected chi connectivity index (χ3v) is 1.71. The summed E-state index contributed by atoms with van der Waals surface area (Å²) < 4.78 is 1.42. The highest BCUT2D eigenvalue weighted by Crippen LogP contribution is 2.13. The maximum absolute atomic E-state index is 10.3. The minimum atomic E-state index is 0.119. The second kappa shape index (κ2) is 3.29. The van der Waals surface area contributed by atoms with E-state index in [1.807, 2.05) is 0 Å². The lowest BCUT2D eigenvalue weighted by Crippen LogP contribution is -1.95. The van der Waals surface area contributed by atoms with Crippen molar-refractivity contribution in [3.8, 4) is 11.4 Å². The minimum absolute atomic E-state index is 0.119. The summed E-state index contributed by atoms with van der Waals surface area (Å²) in [4.78, 5) is 14.1. The fourth-order valence-corrected chi connectivity index (χ4v) is 1.09. The number of rotatable bonds is 2. The zero-order valence-electron chi connectivity index (χ0n) is 7.16. The van der Waals surface area contributed by atoms with Gasteiger partial charge in [0.25, 0.3) is 0 Å². The summed E-state index contributed by atoms with van der Waals surface area (Å²) in [5.41, 5.74) is 0.658. The topological polar surface area (TPSA) is 68.0 Å². The summed E-state index contributed by atoms with van der Waals surface area (Å²) in [6.45, 7) is 0. The summed E-state index contributed by atoms with van der Waals surface area (Å²) >= 11 is 0. The van der Waals surface area contributed by atoms with E-state index in [2.05, 4.69) is 10.1 Å². The molecule has 1 N–H and O–H groups in total. The van der Waals surface area contributed by atoms with Crippen molar-refractivity contribution < 1.29 is 9.90 Å². The number of nitrogens with zero attached hydrogens (tertiary/aromatic N) is 3. The molecule has 2 aromatic rings. The van der Waals surface area contributed by atoms with Crippen LogP contribution in [-0.4, -0.2) is 26.2 Å². The Kier molecular flexibility index (Phi) is 1.98. The third-order valence-electron chi connectivity index (χ3n) is 1.71. The molecule has 0 aliphatic rings. The van der Waals surface area contributed by atoms with E-state index in [1.54, 1.807) is 18.2 Å². The molecule has 0 amide bonds. The summed E-state index contributed by atoms with van der Waals surface area (Å²) in [6.07, 6.45) is 1.98. The average Bonchev–Trinajstić information content (AvgIpc) is 2.66. The standard InChI is InChI=1S/C9H7N3O2/c13-5-9-10-6-12(11-9)7-2-1-3-8(14)4-7/h1-6,14H. The molecule has 0 unspecified atom stereocenters. The molecule has 0 fully saturated rings. The third kappa shape index (κ3) is 1.47. The first-order chi connectivity index (χ1) is 6.79. The van der Waals surface area contributed by atoms with Crippen molar-refractivity contribution in [3.05, 3.63) is 36.4 Å². The molecule has 5 nitrogen and oxygen atoms in total. The van der Waals surface area contributed by atoms with Crippen LogP contribution < -0.4 is 0 Å². The molecule has 0 saturated carbocycles. The van der Waals surface area contributed by atoms with Gasteiger partial charge in [-0.15, -0.1) is 5.10 Å². The van der Waals surface area contributed by atoms with E-state index in [9.17, 15) is 9.90 Å². The van der Waals surface area contributed by atoms with Crippen molar-refractivity contribution in [1.82, 2.24) is 14.8 Å². The zero-order valence-corrected chi connectivity index (χ0v) is 7.16. The number of aromatic hydroxyl groups is 1. The molecule has 0 spiro atoms. The van der Waals surface area contributed by atoms with Crippen molar-refractivity contribution in [3.63, 3.8) is 0 Å². The molecule has 0 atom stereocenters. The van der Waals surface area contributed by atoms with Crippen LogP contribution in [-0.2, 0) is 0 Å². The van der Waals surface area contributed by atoms with Crippen LogP contribution >= 0.6 is 0 Å². The summed E-state index contributed by atoms with van der Waals surface area (Å²) in [5, 5.41) is 13.1. The molecule has 2 rings (SSSR count). The Bertz CT molecular complexity index is 465. The second-order valence-corrected chi connectivity index (χ2v) is 2.69. The van der Waals surface area contributed by atoms with Crippen LogP contribution in [0.15, 0.2) is 30.6 Å². The van der Waals surface area contributed by atoms with E-state index in [0.717, 1.165) is 0 Å². The lowest BCUT2D eigenvalue weighted by Gasteiger charge is -1.99. The van der Waals surface area contributed by atoms with Crippen LogP contribution in [0.3, 0.4) is 0 Å². The number of benzene rings is 1. The van der Waals surface area contributed by atoms with Crippen molar-refractivity contribution in [1.29, 1.82) is 0 Å². The van der Waals surface area contributed by atoms with Crippen LogP contribution in [0, 0.1) is 0 Å². The van der Waals surface area contributed by atoms with E-state index in [0.29, 0.717) is 12.0 Å². The Hall–Kier alpha value is -2.17. The fraction of sp³-hybridized carbons (Fsp3) is 0. The van der Waals surface area contributed by atoms with Gasteiger partial charge in [0.1, 0.15) is 12.1 Å². The minimum Gasteiger partial charge on any atom is -0.508 e. The molecule has 0 radical (unpaired) electrons. The molecule has 0 aliphatic heterocycles. The number of aromatic nitrogens is 3. The van der Waals surface area contributed by atoms with Gasteiger partial charge in [-0.25, -0.2) is 9.67 Å². The number of phenols is 1. The van der Waals surface area contributed by atoms with Gasteiger partial charge in [0.05, 0.1) is 5.69 Å².